The number of esters is 1. The van der Waals surface area contributed by atoms with Crippen LogP contribution in [-0.2, 0) is 20.9 Å². The highest BCUT2D eigenvalue weighted by Crippen LogP contribution is 2.03. The fourth-order valence-corrected chi connectivity index (χ4v) is 1.55. The average Bonchev–Trinajstić information content (AvgIpc) is 2.41. The normalized spacial score (nSPS) is 9.95. The minimum Gasteiger partial charge on any atom is -0.459 e. The number of nitrogens with zero attached hydrogens (tertiary/aromatic N) is 1. The first-order valence-electron chi connectivity index (χ1n) is 6.48. The number of hydrogen-bond acceptors (Lipinski definition) is 4. The maximum atomic E-state index is 11.4. The third kappa shape index (κ3) is 7.91. The Hall–Kier alpha value is -1.91. The lowest BCUT2D eigenvalue weighted by atomic mass is 10.2. The summed E-state index contributed by atoms with van der Waals surface area (Å²) in [5, 5.41) is 2.72. The van der Waals surface area contributed by atoms with E-state index in [2.05, 4.69) is 10.3 Å². The van der Waals surface area contributed by atoms with Crippen molar-refractivity contribution in [2.45, 2.75) is 39.2 Å². The molecule has 0 saturated carbocycles. The lowest BCUT2D eigenvalue weighted by molar-refractivity contribution is -0.145. The van der Waals surface area contributed by atoms with Crippen molar-refractivity contribution >= 4 is 11.9 Å². The summed E-state index contributed by atoms with van der Waals surface area (Å²) in [6, 6.07) is 5.50. The van der Waals surface area contributed by atoms with Crippen molar-refractivity contribution in [3.05, 3.63) is 30.1 Å². The largest absolute Gasteiger partial charge is 0.459 e. The summed E-state index contributed by atoms with van der Waals surface area (Å²) >= 11 is 0. The van der Waals surface area contributed by atoms with E-state index in [-0.39, 0.29) is 18.5 Å². The quantitative estimate of drug-likeness (QED) is 0.574. The van der Waals surface area contributed by atoms with Crippen molar-refractivity contribution in [2.75, 3.05) is 6.54 Å². The van der Waals surface area contributed by atoms with Crippen molar-refractivity contribution in [3.63, 3.8) is 0 Å². The number of nitrogens with one attached hydrogen (secondary N) is 1. The Morgan fingerprint density at radius 2 is 2.11 bits per heavy atom. The van der Waals surface area contributed by atoms with E-state index in [1.165, 1.54) is 6.92 Å². The van der Waals surface area contributed by atoms with Gasteiger partial charge in [-0.1, -0.05) is 12.5 Å². The molecule has 19 heavy (non-hydrogen) atoms. The summed E-state index contributed by atoms with van der Waals surface area (Å²) in [6.45, 7) is 2.39. The Kier molecular flexibility index (Phi) is 7.24. The van der Waals surface area contributed by atoms with Gasteiger partial charge in [0.05, 0.1) is 5.69 Å². The van der Waals surface area contributed by atoms with Gasteiger partial charge in [0.2, 0.25) is 5.91 Å². The molecular formula is C14H20N2O3. The molecule has 104 valence electrons. The van der Waals surface area contributed by atoms with Gasteiger partial charge >= 0.3 is 5.97 Å². The van der Waals surface area contributed by atoms with Gasteiger partial charge in [0.25, 0.3) is 0 Å². The number of carbonyl (C=O) groups excluding carboxylic acids is 2. The Bertz CT molecular complexity index is 393. The molecule has 5 nitrogen and oxygen atoms in total. The van der Waals surface area contributed by atoms with E-state index >= 15 is 0 Å². The Balaban J connectivity index is 2.01. The maximum absolute atomic E-state index is 11.4. The summed E-state index contributed by atoms with van der Waals surface area (Å²) < 4.78 is 5.10. The highest BCUT2D eigenvalue weighted by Gasteiger charge is 2.03. The molecule has 0 atom stereocenters. The predicted molar refractivity (Wildman–Crippen MR) is 71.2 cm³/mol. The summed E-state index contributed by atoms with van der Waals surface area (Å²) in [6.07, 6.45) is 4.64. The van der Waals surface area contributed by atoms with Crippen molar-refractivity contribution < 1.29 is 14.3 Å². The predicted octanol–water partition coefficient (Wildman–Crippen LogP) is 1.82. The van der Waals surface area contributed by atoms with Gasteiger partial charge in [0.1, 0.15) is 6.61 Å². The molecule has 0 aliphatic heterocycles. The number of rotatable bonds is 8. The molecule has 0 saturated heterocycles. The summed E-state index contributed by atoms with van der Waals surface area (Å²) in [5.74, 6) is -0.222. The number of aromatic nitrogens is 1. The fraction of sp³-hybridized carbons (Fsp3) is 0.500. The molecule has 0 unspecified atom stereocenters. The number of carbonyl (C=O) groups is 2. The minimum atomic E-state index is -0.204. The smallest absolute Gasteiger partial charge is 0.306 e. The van der Waals surface area contributed by atoms with Gasteiger partial charge in [-0.2, -0.15) is 0 Å². The fourth-order valence-electron chi connectivity index (χ4n) is 1.55. The topological polar surface area (TPSA) is 68.3 Å². The zero-order valence-electron chi connectivity index (χ0n) is 11.2. The van der Waals surface area contributed by atoms with Crippen molar-refractivity contribution in [1.82, 2.24) is 10.3 Å². The van der Waals surface area contributed by atoms with Gasteiger partial charge in [-0.15, -0.1) is 0 Å². The van der Waals surface area contributed by atoms with Crippen LogP contribution in [0.2, 0.25) is 0 Å². The van der Waals surface area contributed by atoms with Gasteiger partial charge in [-0.05, 0) is 25.0 Å². The second-order valence-electron chi connectivity index (χ2n) is 4.28. The first kappa shape index (κ1) is 15.1. The Morgan fingerprint density at radius 3 is 2.79 bits per heavy atom. The molecule has 0 spiro atoms. The van der Waals surface area contributed by atoms with E-state index in [1.54, 1.807) is 6.20 Å². The molecule has 1 N–H and O–H groups in total. The van der Waals surface area contributed by atoms with Crippen molar-refractivity contribution in [1.29, 1.82) is 0 Å². The summed E-state index contributed by atoms with van der Waals surface area (Å²) in [7, 11) is 0. The van der Waals surface area contributed by atoms with Gasteiger partial charge in [-0.3, -0.25) is 14.6 Å². The van der Waals surface area contributed by atoms with Crippen LogP contribution in [0.25, 0.3) is 0 Å². The van der Waals surface area contributed by atoms with Crippen LogP contribution in [0.4, 0.5) is 0 Å². The van der Waals surface area contributed by atoms with E-state index in [4.69, 9.17) is 4.74 Å². The molecule has 0 aliphatic rings. The van der Waals surface area contributed by atoms with Gasteiger partial charge < -0.3 is 10.1 Å². The van der Waals surface area contributed by atoms with Gasteiger partial charge in [0.15, 0.2) is 0 Å². The number of hydrogen-bond donors (Lipinski definition) is 1. The van der Waals surface area contributed by atoms with Crippen LogP contribution in [0.1, 0.15) is 38.3 Å². The third-order valence-electron chi connectivity index (χ3n) is 2.54. The van der Waals surface area contributed by atoms with Crippen molar-refractivity contribution in [2.24, 2.45) is 0 Å². The molecule has 1 aromatic heterocycles. The third-order valence-corrected chi connectivity index (χ3v) is 2.54. The SMILES string of the molecule is CC(=O)NCCCCCC(=O)OCc1ccccn1. The molecule has 0 bridgehead atoms. The first-order chi connectivity index (χ1) is 9.18. The second-order valence-corrected chi connectivity index (χ2v) is 4.28. The standard InChI is InChI=1S/C14H20N2O3/c1-12(17)15-9-5-2-3-8-14(18)19-11-13-7-4-6-10-16-13/h4,6-7,10H,2-3,5,8-9,11H2,1H3,(H,15,17). The molecule has 0 radical (unpaired) electrons. The minimum absolute atomic E-state index is 0.0187. The van der Waals surface area contributed by atoms with Crippen LogP contribution in [0.3, 0.4) is 0 Å². The number of amides is 1. The van der Waals surface area contributed by atoms with Crippen molar-refractivity contribution in [3.8, 4) is 0 Å². The molecular weight excluding hydrogens is 244 g/mol. The number of ether oxygens (including phenoxy) is 1. The van der Waals surface area contributed by atoms with Crippen LogP contribution < -0.4 is 5.32 Å². The highest BCUT2D eigenvalue weighted by molar-refractivity contribution is 5.72. The van der Waals surface area contributed by atoms with Crippen LogP contribution >= 0.6 is 0 Å². The zero-order chi connectivity index (χ0) is 13.9. The monoisotopic (exact) mass is 264 g/mol. The first-order valence-corrected chi connectivity index (χ1v) is 6.48. The highest BCUT2D eigenvalue weighted by atomic mass is 16.5. The average molecular weight is 264 g/mol. The van der Waals surface area contributed by atoms with E-state index < -0.39 is 0 Å². The molecule has 1 aromatic rings. The van der Waals surface area contributed by atoms with Gasteiger partial charge in [-0.25, -0.2) is 0 Å². The molecule has 0 aromatic carbocycles. The van der Waals surface area contributed by atoms with E-state index in [0.29, 0.717) is 13.0 Å². The molecule has 0 fully saturated rings. The lowest BCUT2D eigenvalue weighted by Crippen LogP contribution is -2.20. The van der Waals surface area contributed by atoms with Crippen LogP contribution in [0.5, 0.6) is 0 Å². The molecule has 0 aliphatic carbocycles. The number of pyridine rings is 1. The van der Waals surface area contributed by atoms with E-state index in [0.717, 1.165) is 25.0 Å². The Morgan fingerprint density at radius 1 is 1.26 bits per heavy atom. The molecule has 1 heterocycles. The summed E-state index contributed by atoms with van der Waals surface area (Å²) in [5.41, 5.74) is 0.751. The number of unbranched alkanes of at least 4 members (excludes halogenated alkanes) is 2. The van der Waals surface area contributed by atoms with Crippen LogP contribution in [-0.4, -0.2) is 23.4 Å². The van der Waals surface area contributed by atoms with Gasteiger partial charge in [0, 0.05) is 26.1 Å². The summed E-state index contributed by atoms with van der Waals surface area (Å²) in [4.78, 5) is 26.1. The Labute approximate surface area is 113 Å². The molecule has 1 amide bonds. The molecule has 5 heteroatoms. The zero-order valence-corrected chi connectivity index (χ0v) is 11.2. The molecule has 1 rings (SSSR count). The van der Waals surface area contributed by atoms with E-state index in [1.807, 2.05) is 18.2 Å². The van der Waals surface area contributed by atoms with E-state index in [9.17, 15) is 9.59 Å². The lowest BCUT2D eigenvalue weighted by Gasteiger charge is -2.04. The second kappa shape index (κ2) is 9.08. The van der Waals surface area contributed by atoms with Crippen LogP contribution in [0.15, 0.2) is 24.4 Å². The maximum Gasteiger partial charge on any atom is 0.306 e. The van der Waals surface area contributed by atoms with Crippen LogP contribution in [0, 0.1) is 0 Å².